The molecule has 1 N–H and O–H groups in total. The number of benzene rings is 2. The lowest BCUT2D eigenvalue weighted by Crippen LogP contribution is -1.91. The molecule has 0 aliphatic rings. The highest BCUT2D eigenvalue weighted by atomic mass is 35.5. The average molecular weight is 267 g/mol. The monoisotopic (exact) mass is 266 g/mol. The Balaban J connectivity index is 2.23. The molecule has 0 unspecified atom stereocenters. The van der Waals surface area contributed by atoms with Crippen molar-refractivity contribution in [3.05, 3.63) is 58.4 Å². The van der Waals surface area contributed by atoms with Gasteiger partial charge in [0.05, 0.1) is 11.6 Å². The standard InChI is InChI=1S/C14H12ClFO2/c1-9-6-11(3-2-10(9)8-17)18-12-4-5-13(15)14(16)7-12/h2-7,17H,8H2,1H3. The molecule has 2 aromatic carbocycles. The number of ether oxygens (including phenoxy) is 1. The number of halogens is 2. The molecule has 0 aliphatic heterocycles. The third-order valence-corrected chi connectivity index (χ3v) is 2.92. The highest BCUT2D eigenvalue weighted by Crippen LogP contribution is 2.26. The minimum absolute atomic E-state index is 0.0122. The van der Waals surface area contributed by atoms with Gasteiger partial charge in [-0.3, -0.25) is 0 Å². The van der Waals surface area contributed by atoms with Gasteiger partial charge in [0.2, 0.25) is 0 Å². The maximum atomic E-state index is 13.2. The van der Waals surface area contributed by atoms with E-state index < -0.39 is 5.82 Å². The Kier molecular flexibility index (Phi) is 3.84. The summed E-state index contributed by atoms with van der Waals surface area (Å²) in [6.07, 6.45) is 0. The zero-order valence-corrected chi connectivity index (χ0v) is 10.5. The van der Waals surface area contributed by atoms with Crippen LogP contribution in [0.3, 0.4) is 0 Å². The second-order valence-electron chi connectivity index (χ2n) is 3.92. The highest BCUT2D eigenvalue weighted by molar-refractivity contribution is 6.30. The third-order valence-electron chi connectivity index (χ3n) is 2.61. The van der Waals surface area contributed by atoms with E-state index in [-0.39, 0.29) is 11.6 Å². The molecular weight excluding hydrogens is 255 g/mol. The molecule has 0 saturated carbocycles. The quantitative estimate of drug-likeness (QED) is 0.907. The molecule has 2 rings (SSSR count). The smallest absolute Gasteiger partial charge is 0.145 e. The predicted octanol–water partition coefficient (Wildman–Crippen LogP) is 4.07. The summed E-state index contributed by atoms with van der Waals surface area (Å²) in [7, 11) is 0. The van der Waals surface area contributed by atoms with Gasteiger partial charge in [-0.15, -0.1) is 0 Å². The fraction of sp³-hybridized carbons (Fsp3) is 0.143. The van der Waals surface area contributed by atoms with Gasteiger partial charge in [-0.05, 0) is 42.3 Å². The van der Waals surface area contributed by atoms with Crippen LogP contribution in [0.2, 0.25) is 5.02 Å². The first kappa shape index (κ1) is 12.9. The van der Waals surface area contributed by atoms with E-state index in [4.69, 9.17) is 21.4 Å². The molecule has 0 atom stereocenters. The van der Waals surface area contributed by atoms with Crippen LogP contribution in [0.5, 0.6) is 11.5 Å². The number of hydrogen-bond donors (Lipinski definition) is 1. The molecule has 0 radical (unpaired) electrons. The molecule has 0 aromatic heterocycles. The largest absolute Gasteiger partial charge is 0.457 e. The van der Waals surface area contributed by atoms with E-state index in [9.17, 15) is 4.39 Å². The number of aliphatic hydroxyl groups excluding tert-OH is 1. The Morgan fingerprint density at radius 1 is 1.17 bits per heavy atom. The molecule has 94 valence electrons. The van der Waals surface area contributed by atoms with Gasteiger partial charge >= 0.3 is 0 Å². The van der Waals surface area contributed by atoms with Crippen LogP contribution in [-0.4, -0.2) is 5.11 Å². The van der Waals surface area contributed by atoms with Crippen molar-refractivity contribution in [2.24, 2.45) is 0 Å². The number of aliphatic hydroxyl groups is 1. The van der Waals surface area contributed by atoms with Crippen LogP contribution in [0.25, 0.3) is 0 Å². The Bertz CT molecular complexity index is 570. The van der Waals surface area contributed by atoms with E-state index in [2.05, 4.69) is 0 Å². The topological polar surface area (TPSA) is 29.5 Å². The van der Waals surface area contributed by atoms with Crippen molar-refractivity contribution in [1.82, 2.24) is 0 Å². The van der Waals surface area contributed by atoms with Gasteiger partial charge in [0.25, 0.3) is 0 Å². The first-order valence-corrected chi connectivity index (χ1v) is 5.81. The minimum atomic E-state index is -0.516. The molecule has 0 heterocycles. The molecule has 0 spiro atoms. The SMILES string of the molecule is Cc1cc(Oc2ccc(Cl)c(F)c2)ccc1CO. The van der Waals surface area contributed by atoms with E-state index in [1.54, 1.807) is 24.3 Å². The third kappa shape index (κ3) is 2.81. The molecule has 18 heavy (non-hydrogen) atoms. The van der Waals surface area contributed by atoms with Crippen LogP contribution in [-0.2, 0) is 6.61 Å². The van der Waals surface area contributed by atoms with Gasteiger partial charge in [0.1, 0.15) is 17.3 Å². The summed E-state index contributed by atoms with van der Waals surface area (Å²) < 4.78 is 18.7. The molecule has 0 bridgehead atoms. The number of rotatable bonds is 3. The van der Waals surface area contributed by atoms with E-state index in [0.717, 1.165) is 11.1 Å². The van der Waals surface area contributed by atoms with Gasteiger partial charge in [-0.1, -0.05) is 17.7 Å². The Morgan fingerprint density at radius 3 is 2.44 bits per heavy atom. The van der Waals surface area contributed by atoms with Gasteiger partial charge < -0.3 is 9.84 Å². The van der Waals surface area contributed by atoms with Crippen LogP contribution in [0.15, 0.2) is 36.4 Å². The van der Waals surface area contributed by atoms with E-state index in [1.165, 1.54) is 12.1 Å². The molecule has 4 heteroatoms. The van der Waals surface area contributed by atoms with Crippen molar-refractivity contribution in [2.75, 3.05) is 0 Å². The van der Waals surface area contributed by atoms with E-state index in [0.29, 0.717) is 11.5 Å². The maximum absolute atomic E-state index is 13.2. The summed E-state index contributed by atoms with van der Waals surface area (Å²) >= 11 is 5.59. The second-order valence-corrected chi connectivity index (χ2v) is 4.33. The summed E-state index contributed by atoms with van der Waals surface area (Å²) in [6, 6.07) is 9.57. The van der Waals surface area contributed by atoms with Gasteiger partial charge in [0.15, 0.2) is 0 Å². The first-order valence-electron chi connectivity index (χ1n) is 5.43. The van der Waals surface area contributed by atoms with Crippen LogP contribution >= 0.6 is 11.6 Å². The normalized spacial score (nSPS) is 10.4. The van der Waals surface area contributed by atoms with E-state index >= 15 is 0 Å². The molecule has 2 nitrogen and oxygen atoms in total. The minimum Gasteiger partial charge on any atom is -0.457 e. The molecule has 0 fully saturated rings. The van der Waals surface area contributed by atoms with Crippen LogP contribution in [0.1, 0.15) is 11.1 Å². The number of aryl methyl sites for hydroxylation is 1. The Hall–Kier alpha value is -1.58. The van der Waals surface area contributed by atoms with Crippen molar-refractivity contribution < 1.29 is 14.2 Å². The Labute approximate surface area is 110 Å². The summed E-state index contributed by atoms with van der Waals surface area (Å²) in [5.41, 5.74) is 1.76. The second kappa shape index (κ2) is 5.38. The zero-order chi connectivity index (χ0) is 13.1. The summed E-state index contributed by atoms with van der Waals surface area (Å²) in [4.78, 5) is 0. The van der Waals surface area contributed by atoms with Crippen molar-refractivity contribution >= 4 is 11.6 Å². The predicted molar refractivity (Wildman–Crippen MR) is 68.6 cm³/mol. The lowest BCUT2D eigenvalue weighted by molar-refractivity contribution is 0.281. The van der Waals surface area contributed by atoms with Gasteiger partial charge in [-0.25, -0.2) is 4.39 Å². The van der Waals surface area contributed by atoms with Crippen molar-refractivity contribution in [2.45, 2.75) is 13.5 Å². The van der Waals surface area contributed by atoms with Gasteiger partial charge in [0, 0.05) is 6.07 Å². The fourth-order valence-corrected chi connectivity index (χ4v) is 1.70. The van der Waals surface area contributed by atoms with E-state index in [1.807, 2.05) is 6.92 Å². The summed E-state index contributed by atoms with van der Waals surface area (Å²) in [5, 5.41) is 9.12. The lowest BCUT2D eigenvalue weighted by atomic mass is 10.1. The lowest BCUT2D eigenvalue weighted by Gasteiger charge is -2.09. The average Bonchev–Trinajstić information content (AvgIpc) is 2.34. The summed E-state index contributed by atoms with van der Waals surface area (Å²) in [5.74, 6) is 0.456. The van der Waals surface area contributed by atoms with Crippen molar-refractivity contribution in [3.8, 4) is 11.5 Å². The Morgan fingerprint density at radius 2 is 1.83 bits per heavy atom. The number of hydrogen-bond acceptors (Lipinski definition) is 2. The van der Waals surface area contributed by atoms with Crippen LogP contribution in [0.4, 0.5) is 4.39 Å². The zero-order valence-electron chi connectivity index (χ0n) is 9.78. The maximum Gasteiger partial charge on any atom is 0.145 e. The van der Waals surface area contributed by atoms with Crippen LogP contribution in [0, 0.1) is 12.7 Å². The molecule has 2 aromatic rings. The fourth-order valence-electron chi connectivity index (χ4n) is 1.59. The molecule has 0 amide bonds. The van der Waals surface area contributed by atoms with Crippen molar-refractivity contribution in [1.29, 1.82) is 0 Å². The van der Waals surface area contributed by atoms with Crippen LogP contribution < -0.4 is 4.74 Å². The molecular formula is C14H12ClFO2. The molecule has 0 aliphatic carbocycles. The van der Waals surface area contributed by atoms with Crippen molar-refractivity contribution in [3.63, 3.8) is 0 Å². The van der Waals surface area contributed by atoms with Gasteiger partial charge in [-0.2, -0.15) is 0 Å². The first-order chi connectivity index (χ1) is 8.60. The molecule has 0 saturated heterocycles. The summed E-state index contributed by atoms with van der Waals surface area (Å²) in [6.45, 7) is 1.86. The highest BCUT2D eigenvalue weighted by Gasteiger charge is 2.04.